The highest BCUT2D eigenvalue weighted by molar-refractivity contribution is 6.20. The second-order valence-electron chi connectivity index (χ2n) is 3.93. The van der Waals surface area contributed by atoms with Gasteiger partial charge in [-0.1, -0.05) is 0 Å². The van der Waals surface area contributed by atoms with Crippen molar-refractivity contribution in [2.75, 3.05) is 7.11 Å². The van der Waals surface area contributed by atoms with Gasteiger partial charge in [0.2, 0.25) is 5.88 Å². The number of ether oxygens (including phenoxy) is 1. The zero-order valence-electron chi connectivity index (χ0n) is 10.1. The van der Waals surface area contributed by atoms with Gasteiger partial charge in [-0.3, -0.25) is 0 Å². The zero-order valence-corrected chi connectivity index (χ0v) is 10.9. The van der Waals surface area contributed by atoms with Crippen molar-refractivity contribution in [2.45, 2.75) is 11.8 Å². The molecule has 3 nitrogen and oxygen atoms in total. The number of aromatic nitrogens is 2. The highest BCUT2D eigenvalue weighted by atomic mass is 35.5. The SMILES string of the molecule is COc1cc(CC(Cl)c2cc(F)cc(F)c2)ncn1. The topological polar surface area (TPSA) is 35.0 Å². The van der Waals surface area contributed by atoms with Crippen LogP contribution in [-0.2, 0) is 6.42 Å². The monoisotopic (exact) mass is 284 g/mol. The van der Waals surface area contributed by atoms with Crippen molar-refractivity contribution in [1.82, 2.24) is 9.97 Å². The average Bonchev–Trinajstić information content (AvgIpc) is 2.37. The summed E-state index contributed by atoms with van der Waals surface area (Å²) in [5, 5.41) is -0.579. The number of benzene rings is 1. The van der Waals surface area contributed by atoms with Crippen LogP contribution in [0.2, 0.25) is 0 Å². The van der Waals surface area contributed by atoms with E-state index in [9.17, 15) is 8.78 Å². The van der Waals surface area contributed by atoms with Gasteiger partial charge in [-0.25, -0.2) is 18.7 Å². The van der Waals surface area contributed by atoms with E-state index >= 15 is 0 Å². The molecule has 0 aliphatic heterocycles. The largest absolute Gasteiger partial charge is 0.481 e. The number of hydrogen-bond donors (Lipinski definition) is 0. The molecular weight excluding hydrogens is 274 g/mol. The summed E-state index contributed by atoms with van der Waals surface area (Å²) in [5.74, 6) is -0.888. The molecule has 2 rings (SSSR count). The van der Waals surface area contributed by atoms with Gasteiger partial charge in [-0.2, -0.15) is 0 Å². The molecule has 0 spiro atoms. The third-order valence-corrected chi connectivity index (χ3v) is 2.95. The van der Waals surface area contributed by atoms with Crippen LogP contribution in [0.25, 0.3) is 0 Å². The van der Waals surface area contributed by atoms with Crippen LogP contribution in [-0.4, -0.2) is 17.1 Å². The number of alkyl halides is 1. The molecule has 1 atom stereocenters. The van der Waals surface area contributed by atoms with E-state index in [1.54, 1.807) is 6.07 Å². The molecule has 0 aliphatic rings. The van der Waals surface area contributed by atoms with Gasteiger partial charge in [0.05, 0.1) is 12.5 Å². The second kappa shape index (κ2) is 5.93. The van der Waals surface area contributed by atoms with Crippen LogP contribution < -0.4 is 4.74 Å². The van der Waals surface area contributed by atoms with E-state index in [4.69, 9.17) is 16.3 Å². The first-order valence-electron chi connectivity index (χ1n) is 5.53. The Morgan fingerprint density at radius 3 is 2.47 bits per heavy atom. The summed E-state index contributed by atoms with van der Waals surface area (Å²) in [5.41, 5.74) is 1.01. The Labute approximate surface area is 114 Å². The summed E-state index contributed by atoms with van der Waals surface area (Å²) in [7, 11) is 1.49. The highest BCUT2D eigenvalue weighted by Gasteiger charge is 2.13. The van der Waals surface area contributed by atoms with Crippen molar-refractivity contribution in [3.8, 4) is 5.88 Å². The van der Waals surface area contributed by atoms with Crippen molar-refractivity contribution in [3.05, 3.63) is 53.5 Å². The summed E-state index contributed by atoms with van der Waals surface area (Å²) in [6, 6.07) is 4.85. The van der Waals surface area contributed by atoms with Crippen LogP contribution in [0.3, 0.4) is 0 Å². The van der Waals surface area contributed by atoms with E-state index in [-0.39, 0.29) is 0 Å². The van der Waals surface area contributed by atoms with Gasteiger partial charge < -0.3 is 4.74 Å². The number of nitrogens with zero attached hydrogens (tertiary/aromatic N) is 2. The molecule has 0 amide bonds. The quantitative estimate of drug-likeness (QED) is 0.808. The molecule has 0 saturated carbocycles. The average molecular weight is 285 g/mol. The third kappa shape index (κ3) is 3.61. The lowest BCUT2D eigenvalue weighted by atomic mass is 10.1. The lowest BCUT2D eigenvalue weighted by molar-refractivity contribution is 0.396. The summed E-state index contributed by atoms with van der Waals surface area (Å²) in [6.07, 6.45) is 1.67. The molecule has 1 unspecified atom stereocenters. The molecule has 19 heavy (non-hydrogen) atoms. The molecule has 0 fully saturated rings. The predicted molar refractivity (Wildman–Crippen MR) is 67.2 cm³/mol. The van der Waals surface area contributed by atoms with Gasteiger partial charge in [0.25, 0.3) is 0 Å². The van der Waals surface area contributed by atoms with E-state index in [1.165, 1.54) is 25.6 Å². The van der Waals surface area contributed by atoms with Crippen LogP contribution in [0.1, 0.15) is 16.6 Å². The van der Waals surface area contributed by atoms with Gasteiger partial charge in [0.1, 0.15) is 18.0 Å². The van der Waals surface area contributed by atoms with Gasteiger partial charge in [-0.15, -0.1) is 11.6 Å². The Balaban J connectivity index is 2.17. The lowest BCUT2D eigenvalue weighted by Gasteiger charge is -2.10. The Hall–Kier alpha value is -1.75. The van der Waals surface area contributed by atoms with Crippen molar-refractivity contribution in [1.29, 1.82) is 0 Å². The van der Waals surface area contributed by atoms with Gasteiger partial charge in [0.15, 0.2) is 0 Å². The number of rotatable bonds is 4. The molecule has 1 aromatic heterocycles. The van der Waals surface area contributed by atoms with Gasteiger partial charge >= 0.3 is 0 Å². The first-order chi connectivity index (χ1) is 9.08. The molecule has 0 saturated heterocycles. The van der Waals surface area contributed by atoms with Crippen molar-refractivity contribution < 1.29 is 13.5 Å². The highest BCUT2D eigenvalue weighted by Crippen LogP contribution is 2.26. The third-order valence-electron chi connectivity index (χ3n) is 2.54. The molecular formula is C13H11ClF2N2O. The van der Waals surface area contributed by atoms with Crippen LogP contribution in [0, 0.1) is 11.6 Å². The maximum atomic E-state index is 13.1. The molecule has 1 heterocycles. The van der Waals surface area contributed by atoms with Crippen molar-refractivity contribution in [2.24, 2.45) is 0 Å². The van der Waals surface area contributed by atoms with Crippen LogP contribution >= 0.6 is 11.6 Å². The Morgan fingerprint density at radius 1 is 1.16 bits per heavy atom. The molecule has 0 radical (unpaired) electrons. The predicted octanol–water partition coefficient (Wildman–Crippen LogP) is 3.29. The molecule has 6 heteroatoms. The van der Waals surface area contributed by atoms with E-state index in [2.05, 4.69) is 9.97 Å². The molecule has 0 N–H and O–H groups in total. The maximum absolute atomic E-state index is 13.1. The van der Waals surface area contributed by atoms with Gasteiger partial charge in [-0.05, 0) is 17.7 Å². The fourth-order valence-electron chi connectivity index (χ4n) is 1.66. The fourth-order valence-corrected chi connectivity index (χ4v) is 1.94. The van der Waals surface area contributed by atoms with E-state index < -0.39 is 17.0 Å². The zero-order chi connectivity index (χ0) is 13.8. The van der Waals surface area contributed by atoms with E-state index in [1.807, 2.05) is 0 Å². The van der Waals surface area contributed by atoms with Crippen LogP contribution in [0.4, 0.5) is 8.78 Å². The fraction of sp³-hybridized carbons (Fsp3) is 0.231. The van der Waals surface area contributed by atoms with Crippen molar-refractivity contribution in [3.63, 3.8) is 0 Å². The molecule has 2 aromatic rings. The first-order valence-corrected chi connectivity index (χ1v) is 5.97. The summed E-state index contributed by atoms with van der Waals surface area (Å²) in [6.45, 7) is 0. The van der Waals surface area contributed by atoms with Crippen LogP contribution in [0.15, 0.2) is 30.6 Å². The van der Waals surface area contributed by atoms with E-state index in [0.29, 0.717) is 23.6 Å². The number of methoxy groups -OCH3 is 1. The summed E-state index contributed by atoms with van der Waals surface area (Å²) >= 11 is 6.15. The minimum absolute atomic E-state index is 0.323. The standard InChI is InChI=1S/C13H11ClF2N2O/c1-19-13-6-11(17-7-18-13)5-12(14)8-2-9(15)4-10(16)3-8/h2-4,6-7,12H,5H2,1H3. The lowest BCUT2D eigenvalue weighted by Crippen LogP contribution is -2.01. The van der Waals surface area contributed by atoms with Gasteiger partial charge in [0, 0.05) is 24.2 Å². The summed E-state index contributed by atoms with van der Waals surface area (Å²) in [4.78, 5) is 7.90. The smallest absolute Gasteiger partial charge is 0.216 e. The number of halogens is 3. The minimum atomic E-state index is -0.652. The second-order valence-corrected chi connectivity index (χ2v) is 4.45. The Morgan fingerprint density at radius 2 is 1.84 bits per heavy atom. The Bertz CT molecular complexity index is 560. The molecule has 100 valence electrons. The maximum Gasteiger partial charge on any atom is 0.216 e. The summed E-state index contributed by atoms with van der Waals surface area (Å²) < 4.78 is 31.2. The van der Waals surface area contributed by atoms with Crippen LogP contribution in [0.5, 0.6) is 5.88 Å². The Kier molecular flexibility index (Phi) is 4.27. The molecule has 1 aromatic carbocycles. The number of hydrogen-bond acceptors (Lipinski definition) is 3. The van der Waals surface area contributed by atoms with Crippen molar-refractivity contribution >= 4 is 11.6 Å². The molecule has 0 aliphatic carbocycles. The molecule has 0 bridgehead atoms. The normalized spacial score (nSPS) is 12.2. The first kappa shape index (κ1) is 13.7. The van der Waals surface area contributed by atoms with E-state index in [0.717, 1.165) is 6.07 Å². The minimum Gasteiger partial charge on any atom is -0.481 e.